The van der Waals surface area contributed by atoms with Crippen molar-refractivity contribution in [2.75, 3.05) is 24.6 Å². The van der Waals surface area contributed by atoms with E-state index in [0.29, 0.717) is 0 Å². The Hall–Kier alpha value is -1.84. The van der Waals surface area contributed by atoms with Gasteiger partial charge in [0.1, 0.15) is 22.9 Å². The van der Waals surface area contributed by atoms with Crippen molar-refractivity contribution in [3.63, 3.8) is 0 Å². The van der Waals surface area contributed by atoms with Gasteiger partial charge in [0.25, 0.3) is 0 Å². The number of aliphatic carboxylic acids is 1. The van der Waals surface area contributed by atoms with E-state index in [1.807, 2.05) is 0 Å². The Morgan fingerprint density at radius 3 is 2.20 bits per heavy atom. The molecule has 10 heteroatoms. The van der Waals surface area contributed by atoms with Crippen molar-refractivity contribution in [2.45, 2.75) is 18.9 Å². The molecule has 0 radical (unpaired) electrons. The number of carboxylic acids is 1. The number of primary amides is 1. The van der Waals surface area contributed by atoms with Crippen LogP contribution in [-0.4, -0.2) is 67.0 Å². The first kappa shape index (κ1) is 16.2. The third-order valence-corrected chi connectivity index (χ3v) is 4.56. The fraction of sp³-hybridized carbons (Fsp3) is 0.700. The van der Waals surface area contributed by atoms with Crippen LogP contribution >= 0.6 is 0 Å². The van der Waals surface area contributed by atoms with Gasteiger partial charge in [0, 0.05) is 6.04 Å². The standard InChI is InChI=1S/C10H17N3O6S/c11-8(14)5-13(6-9(15)16)10(17)12-7-1-3-20(18,19)4-2-7/h7H,1-6H2,(H2,11,14)(H,12,17)(H,15,16). The normalized spacial score (nSPS) is 18.2. The Labute approximate surface area is 116 Å². The van der Waals surface area contributed by atoms with Crippen LogP contribution in [0.5, 0.6) is 0 Å². The molecule has 9 nitrogen and oxygen atoms in total. The molecule has 0 bridgehead atoms. The van der Waals surface area contributed by atoms with Crippen molar-refractivity contribution in [3.05, 3.63) is 0 Å². The maximum absolute atomic E-state index is 11.8. The molecule has 114 valence electrons. The lowest BCUT2D eigenvalue weighted by Gasteiger charge is -2.26. The van der Waals surface area contributed by atoms with E-state index < -0.39 is 40.8 Å². The molecule has 0 aromatic rings. The van der Waals surface area contributed by atoms with E-state index in [9.17, 15) is 22.8 Å². The van der Waals surface area contributed by atoms with Crippen molar-refractivity contribution >= 4 is 27.7 Å². The first-order chi connectivity index (χ1) is 9.19. The number of carbonyl (C=O) groups is 3. The van der Waals surface area contributed by atoms with E-state index in [2.05, 4.69) is 5.32 Å². The zero-order valence-corrected chi connectivity index (χ0v) is 11.6. The second-order valence-electron chi connectivity index (χ2n) is 4.59. The average molecular weight is 307 g/mol. The summed E-state index contributed by atoms with van der Waals surface area (Å²) in [7, 11) is -3.04. The Bertz CT molecular complexity index is 473. The van der Waals surface area contributed by atoms with E-state index in [1.165, 1.54) is 0 Å². The second kappa shape index (κ2) is 6.55. The van der Waals surface area contributed by atoms with Crippen molar-refractivity contribution in [2.24, 2.45) is 5.73 Å². The quantitative estimate of drug-likeness (QED) is 0.543. The van der Waals surface area contributed by atoms with Crippen LogP contribution in [0.1, 0.15) is 12.8 Å². The monoisotopic (exact) mass is 307 g/mol. The molecule has 0 saturated carbocycles. The molecule has 1 rings (SSSR count). The molecular formula is C10H17N3O6S. The third-order valence-electron chi connectivity index (χ3n) is 2.84. The van der Waals surface area contributed by atoms with Gasteiger partial charge in [-0.1, -0.05) is 0 Å². The fourth-order valence-corrected chi connectivity index (χ4v) is 3.34. The molecule has 0 aliphatic carbocycles. The number of nitrogens with one attached hydrogen (secondary N) is 1. The third kappa shape index (κ3) is 5.43. The molecule has 0 atom stereocenters. The van der Waals surface area contributed by atoms with Crippen molar-refractivity contribution in [1.29, 1.82) is 0 Å². The molecule has 0 aromatic heterocycles. The maximum Gasteiger partial charge on any atom is 0.323 e. The van der Waals surface area contributed by atoms with Crippen molar-refractivity contribution < 1.29 is 27.9 Å². The molecule has 1 fully saturated rings. The van der Waals surface area contributed by atoms with E-state index in [1.54, 1.807) is 0 Å². The van der Waals surface area contributed by atoms with Gasteiger partial charge in [-0.3, -0.25) is 9.59 Å². The van der Waals surface area contributed by atoms with Gasteiger partial charge in [-0.15, -0.1) is 0 Å². The molecule has 4 N–H and O–H groups in total. The van der Waals surface area contributed by atoms with Gasteiger partial charge in [0.15, 0.2) is 0 Å². The van der Waals surface area contributed by atoms with Crippen LogP contribution in [0.15, 0.2) is 0 Å². The first-order valence-electron chi connectivity index (χ1n) is 5.95. The van der Waals surface area contributed by atoms with Crippen LogP contribution in [0.3, 0.4) is 0 Å². The summed E-state index contributed by atoms with van der Waals surface area (Å²) in [6.07, 6.45) is 0.539. The van der Waals surface area contributed by atoms with Crippen LogP contribution in [0.2, 0.25) is 0 Å². The molecule has 1 aliphatic rings. The number of urea groups is 1. The van der Waals surface area contributed by atoms with Gasteiger partial charge in [-0.05, 0) is 12.8 Å². The van der Waals surface area contributed by atoms with Crippen LogP contribution < -0.4 is 11.1 Å². The summed E-state index contributed by atoms with van der Waals surface area (Å²) >= 11 is 0. The molecule has 0 aromatic carbocycles. The Morgan fingerprint density at radius 1 is 1.20 bits per heavy atom. The van der Waals surface area contributed by atoms with E-state index >= 15 is 0 Å². The lowest BCUT2D eigenvalue weighted by atomic mass is 10.1. The molecule has 20 heavy (non-hydrogen) atoms. The SMILES string of the molecule is NC(=O)CN(CC(=O)O)C(=O)NC1CCS(=O)(=O)CC1. The maximum atomic E-state index is 11.8. The minimum absolute atomic E-state index is 0.0211. The second-order valence-corrected chi connectivity index (χ2v) is 6.90. The van der Waals surface area contributed by atoms with Crippen LogP contribution in [0.4, 0.5) is 4.79 Å². The molecule has 0 unspecified atom stereocenters. The lowest BCUT2D eigenvalue weighted by molar-refractivity contribution is -0.137. The summed E-state index contributed by atoms with van der Waals surface area (Å²) in [6, 6.07) is -1.09. The van der Waals surface area contributed by atoms with E-state index in [-0.39, 0.29) is 30.4 Å². The highest BCUT2D eigenvalue weighted by Crippen LogP contribution is 2.12. The minimum atomic E-state index is -3.04. The van der Waals surface area contributed by atoms with Gasteiger partial charge in [-0.25, -0.2) is 13.2 Å². The summed E-state index contributed by atoms with van der Waals surface area (Å²) in [5.74, 6) is -2.14. The summed E-state index contributed by atoms with van der Waals surface area (Å²) in [6.45, 7) is -1.16. The highest BCUT2D eigenvalue weighted by molar-refractivity contribution is 7.91. The van der Waals surface area contributed by atoms with Crippen LogP contribution in [-0.2, 0) is 19.4 Å². The molecule has 0 spiro atoms. The van der Waals surface area contributed by atoms with Crippen LogP contribution in [0, 0.1) is 0 Å². The largest absolute Gasteiger partial charge is 0.480 e. The predicted molar refractivity (Wildman–Crippen MR) is 68.6 cm³/mol. The first-order valence-corrected chi connectivity index (χ1v) is 7.78. The van der Waals surface area contributed by atoms with Gasteiger partial charge < -0.3 is 21.1 Å². The summed E-state index contributed by atoms with van der Waals surface area (Å²) in [5.41, 5.74) is 4.94. The van der Waals surface area contributed by atoms with Crippen molar-refractivity contribution in [3.8, 4) is 0 Å². The topological polar surface area (TPSA) is 147 Å². The number of sulfone groups is 1. The van der Waals surface area contributed by atoms with E-state index in [0.717, 1.165) is 4.90 Å². The van der Waals surface area contributed by atoms with Crippen LogP contribution in [0.25, 0.3) is 0 Å². The van der Waals surface area contributed by atoms with Gasteiger partial charge in [-0.2, -0.15) is 0 Å². The molecular weight excluding hydrogens is 290 g/mol. The lowest BCUT2D eigenvalue weighted by Crippen LogP contribution is -2.51. The summed E-state index contributed by atoms with van der Waals surface area (Å²) in [5, 5.41) is 11.2. The smallest absolute Gasteiger partial charge is 0.323 e. The van der Waals surface area contributed by atoms with Gasteiger partial charge >= 0.3 is 12.0 Å². The van der Waals surface area contributed by atoms with E-state index in [4.69, 9.17) is 10.8 Å². The fourth-order valence-electron chi connectivity index (χ4n) is 1.85. The number of rotatable bonds is 5. The highest BCUT2D eigenvalue weighted by Gasteiger charge is 2.27. The molecule has 1 saturated heterocycles. The molecule has 3 amide bonds. The predicted octanol–water partition coefficient (Wildman–Crippen LogP) is -1.85. The Morgan fingerprint density at radius 2 is 1.75 bits per heavy atom. The summed E-state index contributed by atoms with van der Waals surface area (Å²) in [4.78, 5) is 34.0. The number of hydrogen-bond acceptors (Lipinski definition) is 5. The van der Waals surface area contributed by atoms with Gasteiger partial charge in [0.2, 0.25) is 5.91 Å². The Kier molecular flexibility index (Phi) is 5.31. The molecule has 1 heterocycles. The summed E-state index contributed by atoms with van der Waals surface area (Å²) < 4.78 is 22.5. The minimum Gasteiger partial charge on any atom is -0.480 e. The highest BCUT2D eigenvalue weighted by atomic mass is 32.2. The molecule has 1 aliphatic heterocycles. The van der Waals surface area contributed by atoms with Crippen molar-refractivity contribution in [1.82, 2.24) is 10.2 Å². The zero-order chi connectivity index (χ0) is 15.3. The number of carbonyl (C=O) groups excluding carboxylic acids is 2. The number of amides is 3. The number of nitrogens with two attached hydrogens (primary N) is 1. The average Bonchev–Trinajstić information content (AvgIpc) is 2.29. The Balaban J connectivity index is 2.57. The number of nitrogens with zero attached hydrogens (tertiary/aromatic N) is 1. The number of carboxylic acid groups (broad SMARTS) is 1. The zero-order valence-electron chi connectivity index (χ0n) is 10.7. The number of hydrogen-bond donors (Lipinski definition) is 3. The van der Waals surface area contributed by atoms with Gasteiger partial charge in [0.05, 0.1) is 11.5 Å².